The summed E-state index contributed by atoms with van der Waals surface area (Å²) < 4.78 is 11.7. The molecule has 3 aromatic carbocycles. The highest BCUT2D eigenvalue weighted by Crippen LogP contribution is 2.36. The van der Waals surface area contributed by atoms with Gasteiger partial charge in [-0.25, -0.2) is 5.01 Å². The van der Waals surface area contributed by atoms with Crippen LogP contribution in [-0.2, 0) is 11.4 Å². The van der Waals surface area contributed by atoms with Crippen LogP contribution in [0.4, 0.5) is 0 Å². The van der Waals surface area contributed by atoms with Crippen LogP contribution in [0.2, 0.25) is 0 Å². The van der Waals surface area contributed by atoms with Gasteiger partial charge in [-0.15, -0.1) is 11.7 Å². The molecule has 5 rings (SSSR count). The van der Waals surface area contributed by atoms with E-state index in [1.54, 1.807) is 18.2 Å². The third kappa shape index (κ3) is 4.65. The Morgan fingerprint density at radius 1 is 1.09 bits per heavy atom. The Bertz CT molecular complexity index is 1420. The number of para-hydroxylation sites is 1. The minimum Gasteiger partial charge on any atom is -0.493 e. The second kappa shape index (κ2) is 10.1. The molecule has 0 aromatic heterocycles. The first-order valence-corrected chi connectivity index (χ1v) is 12.1. The highest BCUT2D eigenvalue weighted by atomic mass is 32.2. The molecule has 35 heavy (non-hydrogen) atoms. The van der Waals surface area contributed by atoms with Crippen molar-refractivity contribution in [3.05, 3.63) is 107 Å². The molecule has 0 saturated heterocycles. The van der Waals surface area contributed by atoms with Crippen molar-refractivity contribution < 1.29 is 14.3 Å². The summed E-state index contributed by atoms with van der Waals surface area (Å²) in [5.41, 5.74) is 2.36. The molecule has 2 aliphatic rings. The molecule has 0 unspecified atom stereocenters. The van der Waals surface area contributed by atoms with Gasteiger partial charge in [0.15, 0.2) is 22.8 Å². The molecule has 1 N–H and O–H groups in total. The second-order valence-corrected chi connectivity index (χ2v) is 8.87. The summed E-state index contributed by atoms with van der Waals surface area (Å²) in [5.74, 6) is 1.62. The molecule has 8 heteroatoms. The molecule has 1 amide bonds. The van der Waals surface area contributed by atoms with Gasteiger partial charge < -0.3 is 9.47 Å². The summed E-state index contributed by atoms with van der Waals surface area (Å²) >= 11 is 1.41. The number of carbonyl (C=O) groups is 1. The number of hydrogen-bond acceptors (Lipinski definition) is 7. The Kier molecular flexibility index (Phi) is 6.54. The SMILES string of the molecule is C=CCSC1=NN2C(=c3ccccc3=N[C@@H]2c2ccc(OCc3ccccc3)c(OC)c2)C(=O)N1. The molecule has 1 atom stereocenters. The van der Waals surface area contributed by atoms with Crippen LogP contribution in [0.3, 0.4) is 0 Å². The summed E-state index contributed by atoms with van der Waals surface area (Å²) in [7, 11) is 1.61. The molecule has 176 valence electrons. The molecule has 2 aliphatic heterocycles. The van der Waals surface area contributed by atoms with E-state index in [4.69, 9.17) is 19.6 Å². The standard InChI is InChI=1S/C27H24N4O3S/c1-3-15-35-27-29-26(32)24-20-11-7-8-12-21(20)28-25(31(24)30-27)19-13-14-22(23(16-19)33-2)34-17-18-9-5-4-6-10-18/h3-14,16,25H,1,15,17H2,2H3,(H,29,30,32)/t25-/m0/s1. The lowest BCUT2D eigenvalue weighted by Crippen LogP contribution is -2.50. The predicted molar refractivity (Wildman–Crippen MR) is 137 cm³/mol. The number of hydrazone groups is 1. The number of methoxy groups -OCH3 is 1. The first-order valence-electron chi connectivity index (χ1n) is 11.1. The number of amides is 1. The first kappa shape index (κ1) is 22.7. The van der Waals surface area contributed by atoms with E-state index in [-0.39, 0.29) is 5.91 Å². The number of thioether (sulfide) groups is 1. The van der Waals surface area contributed by atoms with Crippen LogP contribution < -0.4 is 25.4 Å². The Morgan fingerprint density at radius 2 is 1.89 bits per heavy atom. The van der Waals surface area contributed by atoms with Gasteiger partial charge in [0.25, 0.3) is 5.91 Å². The zero-order valence-corrected chi connectivity index (χ0v) is 20.0. The number of nitrogens with one attached hydrogen (secondary N) is 1. The van der Waals surface area contributed by atoms with Crippen molar-refractivity contribution in [1.29, 1.82) is 0 Å². The first-order chi connectivity index (χ1) is 17.2. The maximum Gasteiger partial charge on any atom is 0.276 e. The summed E-state index contributed by atoms with van der Waals surface area (Å²) in [6, 6.07) is 23.2. The van der Waals surface area contributed by atoms with Crippen LogP contribution in [0.25, 0.3) is 5.70 Å². The number of rotatable bonds is 7. The molecule has 3 aromatic rings. The Morgan fingerprint density at radius 3 is 2.69 bits per heavy atom. The molecule has 2 heterocycles. The maximum absolute atomic E-state index is 13.1. The molecular formula is C27H24N4O3S. The van der Waals surface area contributed by atoms with E-state index in [2.05, 4.69) is 11.9 Å². The molecule has 0 saturated carbocycles. The fourth-order valence-corrected chi connectivity index (χ4v) is 4.53. The van der Waals surface area contributed by atoms with E-state index < -0.39 is 6.17 Å². The van der Waals surface area contributed by atoms with Gasteiger partial charge in [-0.3, -0.25) is 15.1 Å². The summed E-state index contributed by atoms with van der Waals surface area (Å²) in [6.45, 7) is 4.17. The highest BCUT2D eigenvalue weighted by molar-refractivity contribution is 8.14. The van der Waals surface area contributed by atoms with Crippen LogP contribution in [0, 0.1) is 0 Å². The fraction of sp³-hybridized carbons (Fsp3) is 0.148. The Labute approximate surface area is 207 Å². The van der Waals surface area contributed by atoms with E-state index in [0.29, 0.717) is 34.7 Å². The normalized spacial score (nSPS) is 16.3. The van der Waals surface area contributed by atoms with E-state index in [9.17, 15) is 4.79 Å². The van der Waals surface area contributed by atoms with E-state index in [0.717, 1.165) is 21.7 Å². The Balaban J connectivity index is 1.53. The summed E-state index contributed by atoms with van der Waals surface area (Å²) in [5, 5.41) is 11.3. The van der Waals surface area contributed by atoms with E-state index in [1.165, 1.54) is 11.8 Å². The number of carbonyl (C=O) groups excluding carboxylic acids is 1. The lowest BCUT2D eigenvalue weighted by Gasteiger charge is -2.34. The topological polar surface area (TPSA) is 75.5 Å². The fourth-order valence-electron chi connectivity index (χ4n) is 3.95. The van der Waals surface area contributed by atoms with Gasteiger partial charge in [-0.2, -0.15) is 0 Å². The van der Waals surface area contributed by atoms with Crippen molar-refractivity contribution in [3.63, 3.8) is 0 Å². The molecule has 0 spiro atoms. The van der Waals surface area contributed by atoms with Gasteiger partial charge in [-0.1, -0.05) is 72.4 Å². The average Bonchev–Trinajstić information content (AvgIpc) is 2.90. The lowest BCUT2D eigenvalue weighted by atomic mass is 10.1. The van der Waals surface area contributed by atoms with Crippen molar-refractivity contribution in [1.82, 2.24) is 10.3 Å². The van der Waals surface area contributed by atoms with Crippen LogP contribution in [0.5, 0.6) is 11.5 Å². The zero-order valence-electron chi connectivity index (χ0n) is 19.2. The van der Waals surface area contributed by atoms with Gasteiger partial charge in [-0.05, 0) is 23.8 Å². The van der Waals surface area contributed by atoms with Gasteiger partial charge in [0, 0.05) is 16.5 Å². The average molecular weight is 485 g/mol. The third-order valence-corrected chi connectivity index (χ3v) is 6.44. The van der Waals surface area contributed by atoms with Crippen LogP contribution in [-0.4, -0.2) is 28.9 Å². The van der Waals surface area contributed by atoms with E-state index >= 15 is 0 Å². The van der Waals surface area contributed by atoms with Crippen molar-refractivity contribution in [2.45, 2.75) is 12.8 Å². The molecule has 0 bridgehead atoms. The monoisotopic (exact) mass is 484 g/mol. The lowest BCUT2D eigenvalue weighted by molar-refractivity contribution is -0.116. The van der Waals surface area contributed by atoms with Gasteiger partial charge in [0.2, 0.25) is 0 Å². The minimum absolute atomic E-state index is 0.214. The van der Waals surface area contributed by atoms with Crippen molar-refractivity contribution >= 4 is 28.5 Å². The molecule has 7 nitrogen and oxygen atoms in total. The van der Waals surface area contributed by atoms with Gasteiger partial charge >= 0.3 is 0 Å². The summed E-state index contributed by atoms with van der Waals surface area (Å²) in [4.78, 5) is 18.1. The summed E-state index contributed by atoms with van der Waals surface area (Å²) in [6.07, 6.45) is 1.23. The number of ether oxygens (including phenoxy) is 2. The van der Waals surface area contributed by atoms with Gasteiger partial charge in [0.1, 0.15) is 12.3 Å². The van der Waals surface area contributed by atoms with Crippen molar-refractivity contribution in [2.75, 3.05) is 12.9 Å². The van der Waals surface area contributed by atoms with Crippen LogP contribution >= 0.6 is 11.8 Å². The highest BCUT2D eigenvalue weighted by Gasteiger charge is 2.34. The number of amidine groups is 1. The largest absolute Gasteiger partial charge is 0.493 e. The number of nitrogens with zero attached hydrogens (tertiary/aromatic N) is 3. The van der Waals surface area contributed by atoms with Crippen LogP contribution in [0.1, 0.15) is 17.3 Å². The van der Waals surface area contributed by atoms with E-state index in [1.807, 2.05) is 72.8 Å². The Hall–Kier alpha value is -4.04. The quantitative estimate of drug-likeness (QED) is 0.521. The molecule has 0 radical (unpaired) electrons. The molecular weight excluding hydrogens is 460 g/mol. The third-order valence-electron chi connectivity index (χ3n) is 5.58. The second-order valence-electron chi connectivity index (χ2n) is 7.86. The maximum atomic E-state index is 13.1. The number of hydrogen-bond donors (Lipinski definition) is 1. The molecule has 0 aliphatic carbocycles. The number of benzene rings is 3. The minimum atomic E-state index is -0.539. The predicted octanol–water partition coefficient (Wildman–Crippen LogP) is 3.34. The smallest absolute Gasteiger partial charge is 0.276 e. The van der Waals surface area contributed by atoms with Gasteiger partial charge in [0.05, 0.1) is 12.5 Å². The van der Waals surface area contributed by atoms with Crippen LogP contribution in [0.15, 0.2) is 95.5 Å². The number of fused-ring (bicyclic) bond motifs is 2. The molecule has 0 fully saturated rings. The van der Waals surface area contributed by atoms with Crippen molar-refractivity contribution in [3.8, 4) is 11.5 Å². The zero-order chi connectivity index (χ0) is 24.2. The van der Waals surface area contributed by atoms with Crippen molar-refractivity contribution in [2.24, 2.45) is 10.1 Å².